The highest BCUT2D eigenvalue weighted by molar-refractivity contribution is 6.14. The molecule has 10 rings (SSSR count). The van der Waals surface area contributed by atoms with Crippen LogP contribution >= 0.6 is 0 Å². The van der Waals surface area contributed by atoms with Crippen molar-refractivity contribution in [2.45, 2.75) is 36.7 Å². The smallest absolute Gasteiger partial charge is 0.339 e. The number of carbonyl (C=O) groups is 10. The summed E-state index contributed by atoms with van der Waals surface area (Å²) in [5.74, 6) is 2.65. The zero-order valence-corrected chi connectivity index (χ0v) is 56.2. The lowest BCUT2D eigenvalue weighted by Crippen LogP contribution is -2.52. The number of anilines is 4. The van der Waals surface area contributed by atoms with Crippen molar-refractivity contribution in [2.24, 2.45) is 0 Å². The summed E-state index contributed by atoms with van der Waals surface area (Å²) in [6, 6.07) is 45.5. The lowest BCUT2D eigenvalue weighted by Gasteiger charge is -2.32. The van der Waals surface area contributed by atoms with Gasteiger partial charge in [0.05, 0.1) is 70.7 Å². The molecule has 4 unspecified atom stereocenters. The van der Waals surface area contributed by atoms with Crippen molar-refractivity contribution in [3.05, 3.63) is 261 Å². The average molecular weight is 1430 g/mol. The summed E-state index contributed by atoms with van der Waals surface area (Å²) in [7, 11) is 0. The molecule has 2 saturated heterocycles. The number of esters is 4. The topological polar surface area (TPSA) is 350 Å². The van der Waals surface area contributed by atoms with Gasteiger partial charge in [0.15, 0.2) is 0 Å². The molecule has 0 saturated carbocycles. The van der Waals surface area contributed by atoms with Crippen LogP contribution in [0.2, 0.25) is 0 Å². The molecule has 0 spiro atoms. The number of β-amino-alcohol motifs (C(OH)–C–C–N with tert-alkyl or cyclic N) is 4. The Labute approximate surface area is 607 Å². The normalized spacial score (nSPS) is 14.6. The molecule has 2 aliphatic heterocycles. The summed E-state index contributed by atoms with van der Waals surface area (Å²) < 4.78 is 22.2. The van der Waals surface area contributed by atoms with Gasteiger partial charge in [-0.15, -0.1) is 25.7 Å². The largest absolute Gasteiger partial charge is 0.459 e. The second-order valence-corrected chi connectivity index (χ2v) is 23.9. The molecule has 8 N–H and O–H groups in total. The zero-order valence-electron chi connectivity index (χ0n) is 56.2. The van der Waals surface area contributed by atoms with Crippen LogP contribution in [0.4, 0.5) is 32.3 Å². The molecule has 8 amide bonds. The van der Waals surface area contributed by atoms with Crippen LogP contribution < -0.4 is 21.3 Å². The molecular weight excluding hydrogens is 1360 g/mol. The fourth-order valence-electron chi connectivity index (χ4n) is 11.5. The van der Waals surface area contributed by atoms with Gasteiger partial charge in [-0.2, -0.15) is 0 Å². The maximum atomic E-state index is 15.3. The Morgan fingerprint density at radius 1 is 0.311 bits per heavy atom. The Bertz CT molecular complexity index is 4250. The molecule has 2 fully saturated rings. The molecule has 8 aromatic rings. The molecule has 0 aliphatic carbocycles. The van der Waals surface area contributed by atoms with Gasteiger partial charge < -0.3 is 60.6 Å². The standard InChI is InChI=1S/C80H66N8O18/c1-5-49-25-33-53(34-26-49)81-69(93)61-17-9-13-21-65(61)75(97)103-45-57(89)41-85-73-74(87(79(85)101)43-59(91)47-105-77(99)67-23-15-11-19-63(67)71(95)83-55-37-29-51(7-3)30-38-55)88(44-60(92)48-106-78(100)68-24-16-12-20-64(68)72(96)84-56-39-31-52(8-4)32-40-56)80(102)86(73)42-58(90)46-104-76(98)66-22-14-10-18-62(66)70(94)82-54-35-27-50(6-2)28-36-54/h1-4,9-40,57-60,73-74,89-92H,41-48H2,(H,81,93)(H,82,94)(H,83,95)(H,84,96). The van der Waals surface area contributed by atoms with Crippen LogP contribution in [0.3, 0.4) is 0 Å². The number of nitrogens with zero attached hydrogens (tertiary/aromatic N) is 4. The maximum Gasteiger partial charge on any atom is 0.339 e. The van der Waals surface area contributed by atoms with Crippen molar-refractivity contribution < 1.29 is 87.3 Å². The van der Waals surface area contributed by atoms with E-state index >= 15 is 9.59 Å². The van der Waals surface area contributed by atoms with Crippen molar-refractivity contribution in [2.75, 3.05) is 73.9 Å². The number of fused-ring (bicyclic) bond motifs is 1. The second-order valence-electron chi connectivity index (χ2n) is 23.9. The van der Waals surface area contributed by atoms with Gasteiger partial charge in [0.1, 0.15) is 63.2 Å². The summed E-state index contributed by atoms with van der Waals surface area (Å²) in [4.78, 5) is 144. The first kappa shape index (κ1) is 74.8. The van der Waals surface area contributed by atoms with E-state index in [-0.39, 0.29) is 44.5 Å². The van der Waals surface area contributed by atoms with Gasteiger partial charge in [-0.25, -0.2) is 28.8 Å². The molecule has 2 heterocycles. The lowest BCUT2D eigenvalue weighted by molar-refractivity contribution is -0.00444. The Morgan fingerprint density at radius 3 is 0.670 bits per heavy atom. The van der Waals surface area contributed by atoms with Gasteiger partial charge in [0.2, 0.25) is 0 Å². The molecule has 0 aromatic heterocycles. The highest BCUT2D eigenvalue weighted by atomic mass is 16.6. The minimum absolute atomic E-state index is 0.130. The highest BCUT2D eigenvalue weighted by Gasteiger charge is 2.60. The predicted molar refractivity (Wildman–Crippen MR) is 385 cm³/mol. The van der Waals surface area contributed by atoms with Crippen molar-refractivity contribution in [1.29, 1.82) is 0 Å². The SMILES string of the molecule is C#Cc1ccc(NC(=O)c2ccccc2C(=O)OCC(O)CN2C(=O)N(CC(O)COC(=O)c3ccccc3C(=O)Nc3ccc(C#C)cc3)C3C2N(CC(O)COC(=O)c2ccccc2C(=O)Nc2ccc(C#C)cc2)C(=O)N3CC(O)COC(=O)c2ccccc2C(=O)Nc2ccc(C#C)cc2)cc1. The summed E-state index contributed by atoms with van der Waals surface area (Å²) in [6.45, 7) is -6.73. The predicted octanol–water partition coefficient (Wildman–Crippen LogP) is 6.92. The summed E-state index contributed by atoms with van der Waals surface area (Å²) >= 11 is 0. The van der Waals surface area contributed by atoms with E-state index < -0.39 is 149 Å². The third-order valence-corrected chi connectivity index (χ3v) is 16.6. The average Bonchev–Trinajstić information content (AvgIpc) is 1.57. The molecule has 0 bridgehead atoms. The van der Waals surface area contributed by atoms with Crippen LogP contribution in [-0.4, -0.2) is 189 Å². The lowest BCUT2D eigenvalue weighted by atomic mass is 10.1. The minimum atomic E-state index is -1.84. The molecule has 106 heavy (non-hydrogen) atoms. The summed E-state index contributed by atoms with van der Waals surface area (Å²) in [6.07, 6.45) is 11.2. The number of terminal acetylenes is 4. The maximum absolute atomic E-state index is 15.3. The fourth-order valence-corrected chi connectivity index (χ4v) is 11.5. The van der Waals surface area contributed by atoms with Gasteiger partial charge in [-0.3, -0.25) is 38.8 Å². The van der Waals surface area contributed by atoms with E-state index in [1.807, 2.05) is 0 Å². The van der Waals surface area contributed by atoms with Crippen LogP contribution in [0.15, 0.2) is 194 Å². The number of rotatable bonds is 28. The number of hydrogen-bond donors (Lipinski definition) is 8. The third kappa shape index (κ3) is 18.2. The van der Waals surface area contributed by atoms with Crippen LogP contribution in [0, 0.1) is 49.4 Å². The first-order chi connectivity index (χ1) is 51.1. The molecule has 4 atom stereocenters. The second kappa shape index (κ2) is 34.7. The van der Waals surface area contributed by atoms with E-state index in [9.17, 15) is 58.8 Å². The van der Waals surface area contributed by atoms with Gasteiger partial charge >= 0.3 is 35.9 Å². The molecule has 8 aromatic carbocycles. The number of benzene rings is 8. The van der Waals surface area contributed by atoms with E-state index in [4.69, 9.17) is 44.6 Å². The molecule has 26 heteroatoms. The van der Waals surface area contributed by atoms with Crippen molar-refractivity contribution in [1.82, 2.24) is 19.6 Å². The zero-order chi connectivity index (χ0) is 75.6. The molecule has 2 aliphatic rings. The van der Waals surface area contributed by atoms with E-state index in [1.165, 1.54) is 97.1 Å². The molecular formula is C80H66N8O18. The van der Waals surface area contributed by atoms with Crippen LogP contribution in [0.25, 0.3) is 0 Å². The minimum Gasteiger partial charge on any atom is -0.459 e. The Hall–Kier alpha value is -13.9. The Kier molecular flexibility index (Phi) is 24.5. The summed E-state index contributed by atoms with van der Waals surface area (Å²) in [5.41, 5.74) is 2.07. The van der Waals surface area contributed by atoms with Gasteiger partial charge in [-0.1, -0.05) is 72.2 Å². The highest BCUT2D eigenvalue weighted by Crippen LogP contribution is 2.37. The molecule has 26 nitrogen and oxygen atoms in total. The number of urea groups is 2. The number of nitrogens with one attached hydrogen (secondary N) is 4. The fraction of sp³-hybridized carbons (Fsp3) is 0.175. The molecule has 0 radical (unpaired) electrons. The van der Waals surface area contributed by atoms with Crippen molar-refractivity contribution in [3.8, 4) is 49.4 Å². The monoisotopic (exact) mass is 1430 g/mol. The van der Waals surface area contributed by atoms with Gasteiger partial charge in [0.25, 0.3) is 23.6 Å². The Morgan fingerprint density at radius 2 is 0.491 bits per heavy atom. The van der Waals surface area contributed by atoms with E-state index in [2.05, 4.69) is 44.9 Å². The van der Waals surface area contributed by atoms with Crippen LogP contribution in [-0.2, 0) is 18.9 Å². The van der Waals surface area contributed by atoms with Crippen molar-refractivity contribution >= 4 is 82.3 Å². The van der Waals surface area contributed by atoms with E-state index in [1.54, 1.807) is 97.1 Å². The Balaban J connectivity index is 0.918. The van der Waals surface area contributed by atoms with Gasteiger partial charge in [0, 0.05) is 45.0 Å². The summed E-state index contributed by atoms with van der Waals surface area (Å²) in [5, 5.41) is 58.2. The first-order valence-corrected chi connectivity index (χ1v) is 32.6. The number of aliphatic hydroxyl groups excluding tert-OH is 4. The number of aliphatic hydroxyl groups is 4. The number of hydrogen-bond acceptors (Lipinski definition) is 18. The number of ether oxygens (including phenoxy) is 4. The van der Waals surface area contributed by atoms with Crippen LogP contribution in [0.5, 0.6) is 0 Å². The van der Waals surface area contributed by atoms with E-state index in [0.29, 0.717) is 45.0 Å². The molecule has 534 valence electrons. The van der Waals surface area contributed by atoms with Gasteiger partial charge in [-0.05, 0) is 146 Å². The number of amides is 8. The quantitative estimate of drug-likeness (QED) is 0.0140. The van der Waals surface area contributed by atoms with Crippen LogP contribution in [0.1, 0.15) is 105 Å². The third-order valence-electron chi connectivity index (χ3n) is 16.6. The van der Waals surface area contributed by atoms with Crippen molar-refractivity contribution in [3.63, 3.8) is 0 Å². The number of carbonyl (C=O) groups excluding carboxylic acids is 10. The van der Waals surface area contributed by atoms with E-state index in [0.717, 1.165) is 19.6 Å². The first-order valence-electron chi connectivity index (χ1n) is 32.6.